The lowest BCUT2D eigenvalue weighted by atomic mass is 9.98. The fourth-order valence-corrected chi connectivity index (χ4v) is 4.21. The van der Waals surface area contributed by atoms with Crippen molar-refractivity contribution >= 4 is 45.5 Å². The molecule has 0 saturated carbocycles. The zero-order chi connectivity index (χ0) is 23.4. The van der Waals surface area contributed by atoms with Gasteiger partial charge in [0.15, 0.2) is 5.78 Å². The number of anilines is 1. The quantitative estimate of drug-likeness (QED) is 0.293. The van der Waals surface area contributed by atoms with Crippen LogP contribution in [0, 0.1) is 5.82 Å². The normalized spacial score (nSPS) is 15.1. The van der Waals surface area contributed by atoms with Gasteiger partial charge < -0.3 is 14.2 Å². The maximum atomic E-state index is 15.2. The van der Waals surface area contributed by atoms with Crippen molar-refractivity contribution < 1.29 is 22.7 Å². The van der Waals surface area contributed by atoms with E-state index in [0.717, 1.165) is 0 Å². The predicted octanol–water partition coefficient (Wildman–Crippen LogP) is 2.81. The number of halogens is 2. The number of aromatic nitrogens is 2. The number of benzene rings is 2. The van der Waals surface area contributed by atoms with E-state index < -0.39 is 22.9 Å². The molecule has 11 heteroatoms. The molecule has 2 heterocycles. The predicted molar refractivity (Wildman–Crippen MR) is 123 cm³/mol. The number of hydrogen-bond donors (Lipinski definition) is 1. The summed E-state index contributed by atoms with van der Waals surface area (Å²) >= 11 is 3.82. The number of hydrogen-bond acceptors (Lipinski definition) is 7. The molecule has 1 N–H and O–H groups in total. The first-order chi connectivity index (χ1) is 15.9. The zero-order valence-corrected chi connectivity index (χ0v) is 19.1. The van der Waals surface area contributed by atoms with Crippen LogP contribution in [0.2, 0.25) is 5.02 Å². The molecule has 33 heavy (non-hydrogen) atoms. The second-order valence-electron chi connectivity index (χ2n) is 7.49. The number of carbonyl (C=O) groups excluding carboxylic acids is 1. The molecule has 1 atom stereocenters. The highest BCUT2D eigenvalue weighted by Gasteiger charge is 2.21. The molecule has 1 unspecified atom stereocenters. The average molecular weight is 492 g/mol. The van der Waals surface area contributed by atoms with Crippen LogP contribution in [-0.4, -0.2) is 57.4 Å². The fourth-order valence-electron chi connectivity index (χ4n) is 3.66. The third-order valence-electron chi connectivity index (χ3n) is 5.37. The number of fused-ring (bicyclic) bond motifs is 1. The van der Waals surface area contributed by atoms with Crippen LogP contribution in [0.1, 0.15) is 27.9 Å². The monoisotopic (exact) mass is 491 g/mol. The summed E-state index contributed by atoms with van der Waals surface area (Å²) in [5.41, 5.74) is 1.46. The van der Waals surface area contributed by atoms with Crippen molar-refractivity contribution in [2.24, 2.45) is 0 Å². The summed E-state index contributed by atoms with van der Waals surface area (Å²) in [5, 5.41) is 0.00767. The highest BCUT2D eigenvalue weighted by Crippen LogP contribution is 2.27. The molecule has 1 aliphatic heterocycles. The van der Waals surface area contributed by atoms with Crippen LogP contribution in [-0.2, 0) is 22.4 Å². The van der Waals surface area contributed by atoms with E-state index in [4.69, 9.17) is 16.3 Å². The summed E-state index contributed by atoms with van der Waals surface area (Å²) in [4.78, 5) is 24.3. The molecule has 3 aromatic rings. The first kappa shape index (κ1) is 23.7. The Morgan fingerprint density at radius 2 is 2.03 bits per heavy atom. The van der Waals surface area contributed by atoms with E-state index in [9.17, 15) is 13.6 Å². The van der Waals surface area contributed by atoms with E-state index in [1.165, 1.54) is 12.1 Å². The van der Waals surface area contributed by atoms with Gasteiger partial charge in [0.1, 0.15) is 11.6 Å². The van der Waals surface area contributed by atoms with Crippen molar-refractivity contribution in [3.63, 3.8) is 0 Å². The second kappa shape index (κ2) is 10.6. The summed E-state index contributed by atoms with van der Waals surface area (Å²) in [7, 11) is 0. The van der Waals surface area contributed by atoms with Gasteiger partial charge in [0.05, 0.1) is 41.0 Å². The smallest absolute Gasteiger partial charge is 0.197 e. The van der Waals surface area contributed by atoms with E-state index in [0.29, 0.717) is 49.6 Å². The Morgan fingerprint density at radius 3 is 2.79 bits per heavy atom. The number of carbonyl (C=O) groups is 1. The molecule has 1 fully saturated rings. The lowest BCUT2D eigenvalue weighted by molar-refractivity contribution is 0.103. The van der Waals surface area contributed by atoms with E-state index >= 15 is 4.39 Å². The first-order valence-corrected chi connectivity index (χ1v) is 11.8. The van der Waals surface area contributed by atoms with E-state index in [2.05, 4.69) is 19.6 Å². The third kappa shape index (κ3) is 5.53. The number of nitrogens with one attached hydrogen (secondary N) is 1. The summed E-state index contributed by atoms with van der Waals surface area (Å²) in [6.45, 7) is 2.78. The van der Waals surface area contributed by atoms with Gasteiger partial charge in [0, 0.05) is 36.5 Å². The van der Waals surface area contributed by atoms with Crippen LogP contribution in [0.4, 0.5) is 10.2 Å². The minimum absolute atomic E-state index is 0.00767. The van der Waals surface area contributed by atoms with Gasteiger partial charge in [0.2, 0.25) is 0 Å². The number of aryl methyl sites for hydroxylation is 1. The molecule has 1 aromatic heterocycles. The number of morpholine rings is 1. The number of rotatable bonds is 8. The Kier molecular flexibility index (Phi) is 7.61. The number of nitrogens with zero attached hydrogens (tertiary/aromatic N) is 3. The van der Waals surface area contributed by atoms with Crippen molar-refractivity contribution in [1.29, 1.82) is 0 Å². The Labute approximate surface area is 197 Å². The molecule has 0 aliphatic carbocycles. The summed E-state index contributed by atoms with van der Waals surface area (Å²) in [5.74, 6) is -0.572. The average Bonchev–Trinajstić information content (AvgIpc) is 2.82. The van der Waals surface area contributed by atoms with Gasteiger partial charge in [0.25, 0.3) is 0 Å². The summed E-state index contributed by atoms with van der Waals surface area (Å²) in [6, 6.07) is 7.81. The largest absolute Gasteiger partial charge is 0.760 e. The van der Waals surface area contributed by atoms with Gasteiger partial charge in [-0.25, -0.2) is 14.1 Å². The van der Waals surface area contributed by atoms with Gasteiger partial charge in [-0.3, -0.25) is 14.0 Å². The molecule has 1 aliphatic rings. The van der Waals surface area contributed by atoms with E-state index in [-0.39, 0.29) is 34.7 Å². The molecule has 0 bridgehead atoms. The van der Waals surface area contributed by atoms with Gasteiger partial charge in [-0.05, 0) is 42.7 Å². The van der Waals surface area contributed by atoms with E-state index in [1.54, 1.807) is 24.4 Å². The van der Waals surface area contributed by atoms with Crippen LogP contribution in [0.15, 0.2) is 36.5 Å². The summed E-state index contributed by atoms with van der Waals surface area (Å²) < 4.78 is 43.9. The molecule has 8 nitrogen and oxygen atoms in total. The van der Waals surface area contributed by atoms with Crippen molar-refractivity contribution in [1.82, 2.24) is 14.7 Å². The van der Waals surface area contributed by atoms with Crippen LogP contribution >= 0.6 is 11.6 Å². The molecule has 174 valence electrons. The van der Waals surface area contributed by atoms with E-state index in [1.807, 2.05) is 0 Å². The zero-order valence-electron chi connectivity index (χ0n) is 17.6. The van der Waals surface area contributed by atoms with Crippen LogP contribution in [0.3, 0.4) is 0 Å². The van der Waals surface area contributed by atoms with Crippen LogP contribution in [0.5, 0.6) is 0 Å². The van der Waals surface area contributed by atoms with Crippen LogP contribution < -0.4 is 9.62 Å². The van der Waals surface area contributed by atoms with Crippen molar-refractivity contribution in [2.75, 3.05) is 37.7 Å². The molecule has 2 aromatic carbocycles. The minimum Gasteiger partial charge on any atom is -0.760 e. The van der Waals surface area contributed by atoms with Crippen molar-refractivity contribution in [2.45, 2.75) is 12.8 Å². The topological polar surface area (TPSA) is 107 Å². The molecular formula is C22H21ClFN4O4S-. The standard InChI is InChI=1S/C22H22ClFN4O4S/c23-16-5-3-14(2-1-7-26-33(30)31)21(24)20(16)22(29)15-4-6-17-18(12-15)27-19(13-25-17)28-8-10-32-11-9-28/h3-6,12-13,26H,1-2,7-11H2,(H,30,31)/p-1. The molecular weight excluding hydrogens is 471 g/mol. The second-order valence-corrected chi connectivity index (χ2v) is 8.65. The maximum Gasteiger partial charge on any atom is 0.197 e. The van der Waals surface area contributed by atoms with Gasteiger partial charge in [-0.2, -0.15) is 0 Å². The van der Waals surface area contributed by atoms with Crippen molar-refractivity contribution in [3.05, 3.63) is 64.1 Å². The van der Waals surface area contributed by atoms with Crippen molar-refractivity contribution in [3.8, 4) is 0 Å². The number of ether oxygens (including phenoxy) is 1. The van der Waals surface area contributed by atoms with Gasteiger partial charge >= 0.3 is 0 Å². The van der Waals surface area contributed by atoms with Gasteiger partial charge in [-0.15, -0.1) is 0 Å². The highest BCUT2D eigenvalue weighted by molar-refractivity contribution is 7.77. The third-order valence-corrected chi connectivity index (χ3v) is 6.12. The fraction of sp³-hybridized carbons (Fsp3) is 0.318. The summed E-state index contributed by atoms with van der Waals surface area (Å²) in [6.07, 6.45) is 2.31. The highest BCUT2D eigenvalue weighted by atomic mass is 35.5. The molecule has 4 rings (SSSR count). The molecule has 0 amide bonds. The first-order valence-electron chi connectivity index (χ1n) is 10.4. The Hall–Kier alpha value is -2.50. The molecule has 0 radical (unpaired) electrons. The Balaban J connectivity index is 1.60. The SMILES string of the molecule is O=C(c1ccc2ncc(N3CCOCC3)nc2c1)c1c(Cl)ccc(CCCNS(=O)[O-])c1F. The number of ketones is 1. The lowest BCUT2D eigenvalue weighted by Crippen LogP contribution is -2.36. The Morgan fingerprint density at radius 1 is 1.24 bits per heavy atom. The van der Waals surface area contributed by atoms with Gasteiger partial charge in [-0.1, -0.05) is 17.7 Å². The minimum atomic E-state index is -2.37. The molecule has 1 saturated heterocycles. The molecule has 0 spiro atoms. The lowest BCUT2D eigenvalue weighted by Gasteiger charge is -2.27. The van der Waals surface area contributed by atoms with Crippen LogP contribution in [0.25, 0.3) is 11.0 Å². The maximum absolute atomic E-state index is 15.2. The Bertz CT molecular complexity index is 1210.